The van der Waals surface area contributed by atoms with Crippen molar-refractivity contribution in [3.8, 4) is 16.8 Å². The Bertz CT molecular complexity index is 2600. The van der Waals surface area contributed by atoms with Crippen LogP contribution < -0.4 is 10.9 Å². The Morgan fingerprint density at radius 3 is 2.27 bits per heavy atom. The van der Waals surface area contributed by atoms with Gasteiger partial charge in [-0.3, -0.25) is 18.8 Å². The maximum absolute atomic E-state index is 14.9. The SMILES string of the molecule is O=C(Cn1ccc(C2CC2)n1)NC(Cc1cc(F)cc(F)c1)c1nc2cc(-c3c(F)cccc3F)ccc2c(=O)n1-c1ccc(S(=O)(=O)N2CCOCC2)cc1. The maximum Gasteiger partial charge on any atom is 0.266 e. The fraction of sp³-hybridized carbons (Fsp3) is 0.250. The van der Waals surface area contributed by atoms with E-state index < -0.39 is 50.8 Å². The lowest BCUT2D eigenvalue weighted by Crippen LogP contribution is -2.40. The molecule has 0 spiro atoms. The molecule has 1 saturated carbocycles. The predicted molar refractivity (Wildman–Crippen MR) is 197 cm³/mol. The fourth-order valence-corrected chi connectivity index (χ4v) is 8.35. The lowest BCUT2D eigenvalue weighted by molar-refractivity contribution is -0.122. The van der Waals surface area contributed by atoms with E-state index in [2.05, 4.69) is 10.4 Å². The number of sulfonamides is 1. The van der Waals surface area contributed by atoms with Gasteiger partial charge in [-0.15, -0.1) is 0 Å². The molecule has 2 aliphatic rings. The van der Waals surface area contributed by atoms with Crippen molar-refractivity contribution in [2.45, 2.75) is 42.7 Å². The van der Waals surface area contributed by atoms with E-state index in [1.807, 2.05) is 6.07 Å². The monoisotopic (exact) mass is 786 g/mol. The highest BCUT2D eigenvalue weighted by Crippen LogP contribution is 2.39. The number of hydrogen-bond acceptors (Lipinski definition) is 7. The molecule has 3 heterocycles. The van der Waals surface area contributed by atoms with Gasteiger partial charge in [-0.25, -0.2) is 31.0 Å². The second-order valence-corrected chi connectivity index (χ2v) is 15.7. The van der Waals surface area contributed by atoms with Crippen molar-refractivity contribution in [2.24, 2.45) is 0 Å². The number of nitrogens with zero attached hydrogens (tertiary/aromatic N) is 5. The quantitative estimate of drug-likeness (QED) is 0.165. The highest BCUT2D eigenvalue weighted by molar-refractivity contribution is 7.89. The average Bonchev–Trinajstić information content (AvgIpc) is 3.92. The fourth-order valence-electron chi connectivity index (χ4n) is 6.94. The van der Waals surface area contributed by atoms with E-state index in [0.29, 0.717) is 12.0 Å². The van der Waals surface area contributed by atoms with Gasteiger partial charge in [0.05, 0.1) is 52.0 Å². The minimum Gasteiger partial charge on any atom is -0.379 e. The molecular formula is C40H34F4N6O5S. The van der Waals surface area contributed by atoms with Crippen LogP contribution in [0.15, 0.2) is 101 Å². The molecular weight excluding hydrogens is 753 g/mol. The van der Waals surface area contributed by atoms with Gasteiger partial charge in [0.15, 0.2) is 0 Å². The normalized spacial score (nSPS) is 15.6. The molecule has 1 amide bonds. The van der Waals surface area contributed by atoms with Crippen LogP contribution in [0.1, 0.15) is 41.9 Å². The first-order valence-corrected chi connectivity index (χ1v) is 19.4. The smallest absolute Gasteiger partial charge is 0.266 e. The lowest BCUT2D eigenvalue weighted by Gasteiger charge is -2.26. The van der Waals surface area contributed by atoms with E-state index in [9.17, 15) is 35.6 Å². The van der Waals surface area contributed by atoms with E-state index in [0.717, 1.165) is 42.8 Å². The van der Waals surface area contributed by atoms with Crippen molar-refractivity contribution in [2.75, 3.05) is 26.3 Å². The molecule has 2 aromatic heterocycles. The van der Waals surface area contributed by atoms with E-state index in [4.69, 9.17) is 9.72 Å². The van der Waals surface area contributed by atoms with Gasteiger partial charge >= 0.3 is 0 Å². The summed E-state index contributed by atoms with van der Waals surface area (Å²) in [5.41, 5.74) is 0.228. The van der Waals surface area contributed by atoms with Gasteiger partial charge in [0.2, 0.25) is 15.9 Å². The number of halogens is 4. The molecule has 0 bridgehead atoms. The van der Waals surface area contributed by atoms with Gasteiger partial charge in [-0.2, -0.15) is 9.40 Å². The van der Waals surface area contributed by atoms with Crippen LogP contribution in [0, 0.1) is 23.3 Å². The minimum atomic E-state index is -3.91. The summed E-state index contributed by atoms with van der Waals surface area (Å²) < 4.78 is 95.0. The topological polar surface area (TPSA) is 128 Å². The molecule has 16 heteroatoms. The summed E-state index contributed by atoms with van der Waals surface area (Å²) >= 11 is 0. The summed E-state index contributed by atoms with van der Waals surface area (Å²) in [7, 11) is -3.91. The molecule has 1 aliphatic heterocycles. The molecule has 11 nitrogen and oxygen atoms in total. The molecule has 1 unspecified atom stereocenters. The van der Waals surface area contributed by atoms with Crippen molar-refractivity contribution in [3.05, 3.63) is 142 Å². The third kappa shape index (κ3) is 7.59. The number of ether oxygens (including phenoxy) is 1. The molecule has 8 rings (SSSR count). The largest absolute Gasteiger partial charge is 0.379 e. The van der Waals surface area contributed by atoms with Gasteiger partial charge in [0.1, 0.15) is 35.6 Å². The molecule has 1 N–H and O–H groups in total. The number of nitrogens with one attached hydrogen (secondary N) is 1. The van der Waals surface area contributed by atoms with Crippen LogP contribution in [0.25, 0.3) is 27.7 Å². The van der Waals surface area contributed by atoms with Crippen molar-refractivity contribution in [1.82, 2.24) is 29.0 Å². The minimum absolute atomic E-state index is 0.0127. The number of morpholine rings is 1. The number of hydrogen-bond donors (Lipinski definition) is 1. The molecule has 0 radical (unpaired) electrons. The van der Waals surface area contributed by atoms with Crippen LogP contribution in [-0.4, -0.2) is 64.3 Å². The lowest BCUT2D eigenvalue weighted by atomic mass is 10.0. The second-order valence-electron chi connectivity index (χ2n) is 13.8. The maximum atomic E-state index is 14.9. The molecule has 4 aromatic carbocycles. The molecule has 288 valence electrons. The van der Waals surface area contributed by atoms with Gasteiger partial charge in [0.25, 0.3) is 5.56 Å². The van der Waals surface area contributed by atoms with Crippen LogP contribution in [0.5, 0.6) is 0 Å². The van der Waals surface area contributed by atoms with Crippen LogP contribution in [0.2, 0.25) is 0 Å². The predicted octanol–water partition coefficient (Wildman–Crippen LogP) is 5.80. The molecule has 1 aliphatic carbocycles. The number of amides is 1. The second kappa shape index (κ2) is 15.1. The van der Waals surface area contributed by atoms with Crippen LogP contribution >= 0.6 is 0 Å². The summed E-state index contributed by atoms with van der Waals surface area (Å²) in [4.78, 5) is 33.1. The number of carbonyl (C=O) groups excluding carboxylic acids is 1. The zero-order valence-electron chi connectivity index (χ0n) is 29.7. The van der Waals surface area contributed by atoms with Gasteiger partial charge in [0, 0.05) is 37.7 Å². The van der Waals surface area contributed by atoms with Crippen LogP contribution in [0.3, 0.4) is 0 Å². The number of benzene rings is 4. The summed E-state index contributed by atoms with van der Waals surface area (Å²) in [6, 6.07) is 16.5. The summed E-state index contributed by atoms with van der Waals surface area (Å²) in [5, 5.41) is 7.40. The molecule has 1 saturated heterocycles. The first kappa shape index (κ1) is 37.2. The Morgan fingerprint density at radius 2 is 1.59 bits per heavy atom. The van der Waals surface area contributed by atoms with Gasteiger partial charge < -0.3 is 10.1 Å². The summed E-state index contributed by atoms with van der Waals surface area (Å²) in [6.45, 7) is 0.597. The number of carbonyl (C=O) groups is 1. The van der Waals surface area contributed by atoms with E-state index in [-0.39, 0.29) is 83.3 Å². The average molecular weight is 787 g/mol. The first-order valence-electron chi connectivity index (χ1n) is 17.9. The molecule has 6 aromatic rings. The molecule has 56 heavy (non-hydrogen) atoms. The van der Waals surface area contributed by atoms with Crippen molar-refractivity contribution < 1.29 is 35.5 Å². The van der Waals surface area contributed by atoms with Gasteiger partial charge in [-0.05, 0) is 90.7 Å². The third-order valence-corrected chi connectivity index (χ3v) is 11.7. The Balaban J connectivity index is 1.27. The Hall–Kier alpha value is -5.71. The van der Waals surface area contributed by atoms with E-state index in [1.165, 1.54) is 62.1 Å². The van der Waals surface area contributed by atoms with E-state index >= 15 is 0 Å². The van der Waals surface area contributed by atoms with Crippen molar-refractivity contribution in [1.29, 1.82) is 0 Å². The zero-order valence-corrected chi connectivity index (χ0v) is 30.5. The van der Waals surface area contributed by atoms with Crippen LogP contribution in [0.4, 0.5) is 17.6 Å². The van der Waals surface area contributed by atoms with Crippen molar-refractivity contribution in [3.63, 3.8) is 0 Å². The molecule has 1 atom stereocenters. The summed E-state index contributed by atoms with van der Waals surface area (Å²) in [5.74, 6) is -3.75. The highest BCUT2D eigenvalue weighted by Gasteiger charge is 2.29. The summed E-state index contributed by atoms with van der Waals surface area (Å²) in [6.07, 6.45) is 3.43. The number of aromatic nitrogens is 4. The van der Waals surface area contributed by atoms with Gasteiger partial charge in [-0.1, -0.05) is 12.1 Å². The zero-order chi connectivity index (χ0) is 39.1. The number of fused-ring (bicyclic) bond motifs is 1. The first-order chi connectivity index (χ1) is 26.9. The van der Waals surface area contributed by atoms with E-state index in [1.54, 1.807) is 6.20 Å². The van der Waals surface area contributed by atoms with Crippen molar-refractivity contribution >= 4 is 26.8 Å². The van der Waals surface area contributed by atoms with Crippen LogP contribution in [-0.2, 0) is 32.5 Å². The number of rotatable bonds is 11. The highest BCUT2D eigenvalue weighted by atomic mass is 32.2. The third-order valence-electron chi connectivity index (χ3n) is 9.82. The Kier molecular flexibility index (Phi) is 10.0. The molecule has 2 fully saturated rings. The Labute approximate surface area is 318 Å². The standard InChI is InChI=1S/C40H34F4N6O5S/c41-27-18-24(19-28(42)22-27)20-36(45-37(51)23-48-13-12-34(47-48)25-4-5-25)39-46-35-21-26(38-32(43)2-1-3-33(38)44)6-11-31(35)40(52)50(39)29-7-9-30(10-8-29)56(53,54)49-14-16-55-17-15-49/h1-3,6-13,18-19,21-22,25,36H,4-5,14-17,20,23H2,(H,45,51). The Morgan fingerprint density at radius 1 is 0.893 bits per heavy atom.